The first-order chi connectivity index (χ1) is 16.3. The third-order valence-corrected chi connectivity index (χ3v) is 7.20. The Hall–Kier alpha value is -2.55. The summed E-state index contributed by atoms with van der Waals surface area (Å²) in [6.07, 6.45) is 4.35. The number of aromatic nitrogens is 4. The van der Waals surface area contributed by atoms with Crippen LogP contribution in [0.25, 0.3) is 23.1 Å². The molecule has 1 aliphatic heterocycles. The van der Waals surface area contributed by atoms with Gasteiger partial charge in [0.1, 0.15) is 0 Å². The fourth-order valence-corrected chi connectivity index (χ4v) is 5.35. The van der Waals surface area contributed by atoms with E-state index in [-0.39, 0.29) is 16.1 Å². The van der Waals surface area contributed by atoms with E-state index in [0.29, 0.717) is 17.8 Å². The van der Waals surface area contributed by atoms with Gasteiger partial charge in [0.15, 0.2) is 17.2 Å². The highest BCUT2D eigenvalue weighted by atomic mass is 32.2. The molecule has 0 fully saturated rings. The van der Waals surface area contributed by atoms with Crippen LogP contribution in [-0.2, 0) is 6.18 Å². The summed E-state index contributed by atoms with van der Waals surface area (Å²) in [6.45, 7) is 8.21. The molecule has 1 aliphatic rings. The van der Waals surface area contributed by atoms with Gasteiger partial charge in [-0.05, 0) is 32.3 Å². The van der Waals surface area contributed by atoms with E-state index >= 15 is 0 Å². The maximum absolute atomic E-state index is 13.9. The van der Waals surface area contributed by atoms with Crippen LogP contribution >= 0.6 is 11.8 Å². The lowest BCUT2D eigenvalue weighted by Crippen LogP contribution is -2.24. The van der Waals surface area contributed by atoms with Crippen LogP contribution < -0.4 is 5.22 Å². The molecule has 0 spiro atoms. The topological polar surface area (TPSA) is 46.3 Å². The molecule has 3 aromatic rings. The van der Waals surface area contributed by atoms with Crippen molar-refractivity contribution in [3.8, 4) is 11.4 Å². The van der Waals surface area contributed by atoms with E-state index < -0.39 is 11.9 Å². The number of hydrogen-bond acceptors (Lipinski definition) is 5. The number of halogens is 3. The summed E-state index contributed by atoms with van der Waals surface area (Å²) in [4.78, 5) is 2.38. The molecule has 0 bridgehead atoms. The van der Waals surface area contributed by atoms with Crippen molar-refractivity contribution in [3.05, 3.63) is 51.8 Å². The molecule has 5 nitrogen and oxygen atoms in total. The molecule has 2 aromatic heterocycles. The SMILES string of the molecule is CCCCN(CCCC)C1=CCC(/C=c2/c(C(F)(F)F)nn3c(-c4cccc(C)c4)nnc23)S1. The van der Waals surface area contributed by atoms with E-state index in [9.17, 15) is 13.2 Å². The lowest BCUT2D eigenvalue weighted by Gasteiger charge is -2.25. The van der Waals surface area contributed by atoms with Crippen molar-refractivity contribution in [1.29, 1.82) is 0 Å². The molecule has 0 amide bonds. The van der Waals surface area contributed by atoms with Crippen LogP contribution in [0.3, 0.4) is 0 Å². The van der Waals surface area contributed by atoms with Gasteiger partial charge in [-0.2, -0.15) is 22.8 Å². The van der Waals surface area contributed by atoms with Crippen molar-refractivity contribution in [3.63, 3.8) is 0 Å². The number of rotatable bonds is 9. The summed E-state index contributed by atoms with van der Waals surface area (Å²) in [6, 6.07) is 7.44. The van der Waals surface area contributed by atoms with E-state index in [1.54, 1.807) is 23.9 Å². The zero-order chi connectivity index (χ0) is 24.3. The van der Waals surface area contributed by atoms with Crippen molar-refractivity contribution in [2.24, 2.45) is 0 Å². The Morgan fingerprint density at radius 1 is 1.15 bits per heavy atom. The molecule has 0 radical (unpaired) electrons. The second-order valence-corrected chi connectivity index (χ2v) is 9.94. The number of fused-ring (bicyclic) bond motifs is 1. The van der Waals surface area contributed by atoms with Gasteiger partial charge in [-0.15, -0.1) is 22.0 Å². The average molecular weight is 490 g/mol. The van der Waals surface area contributed by atoms with Gasteiger partial charge in [0.05, 0.1) is 10.2 Å². The molecule has 0 N–H and O–H groups in total. The minimum atomic E-state index is -4.58. The first kappa shape index (κ1) is 24.6. The van der Waals surface area contributed by atoms with Crippen LogP contribution in [0.5, 0.6) is 0 Å². The molecule has 0 aliphatic carbocycles. The van der Waals surface area contributed by atoms with Crippen molar-refractivity contribution in [1.82, 2.24) is 24.7 Å². The van der Waals surface area contributed by atoms with Gasteiger partial charge in [0.2, 0.25) is 0 Å². The fraction of sp³-hybridized carbons (Fsp3) is 0.480. The molecule has 9 heteroatoms. The molecule has 0 saturated carbocycles. The van der Waals surface area contributed by atoms with Crippen molar-refractivity contribution in [2.45, 2.75) is 64.3 Å². The van der Waals surface area contributed by atoms with Crippen LogP contribution in [0.4, 0.5) is 13.2 Å². The molecular weight excluding hydrogens is 459 g/mol. The number of alkyl halides is 3. The summed E-state index contributed by atoms with van der Waals surface area (Å²) >= 11 is 1.63. The minimum absolute atomic E-state index is 0.0136. The Balaban J connectivity index is 1.68. The van der Waals surface area contributed by atoms with Crippen LogP contribution in [0.2, 0.25) is 0 Å². The Morgan fingerprint density at radius 3 is 2.53 bits per heavy atom. The third-order valence-electron chi connectivity index (χ3n) is 5.91. The fourth-order valence-electron chi connectivity index (χ4n) is 4.12. The van der Waals surface area contributed by atoms with Crippen LogP contribution in [0, 0.1) is 6.92 Å². The molecule has 0 saturated heterocycles. The Bertz CT molecular complexity index is 1210. The molecule has 1 aromatic carbocycles. The van der Waals surface area contributed by atoms with Gasteiger partial charge in [-0.3, -0.25) is 0 Å². The van der Waals surface area contributed by atoms with E-state index in [1.807, 2.05) is 25.1 Å². The quantitative estimate of drug-likeness (QED) is 0.376. The standard InChI is InChI=1S/C25H30F3N5S/c1-4-6-13-32(14-7-5-2)21-12-11-19(34-21)16-20-22(25(26,27)28)31-33-23(29-30-24(20)33)18-10-8-9-17(3)15-18/h8-10,12,15-16,19H,4-7,11,13-14H2,1-3H3/b20-16-. The summed E-state index contributed by atoms with van der Waals surface area (Å²) in [5.74, 6) is 0.312. The van der Waals surface area contributed by atoms with Gasteiger partial charge >= 0.3 is 6.18 Å². The minimum Gasteiger partial charge on any atom is -0.367 e. The highest BCUT2D eigenvalue weighted by Gasteiger charge is 2.37. The van der Waals surface area contributed by atoms with E-state index in [1.165, 1.54) is 4.52 Å². The third kappa shape index (κ3) is 5.24. The molecule has 3 heterocycles. The Labute approximate surface area is 202 Å². The number of unbranched alkanes of at least 4 members (excludes halogenated alkanes) is 2. The van der Waals surface area contributed by atoms with Gasteiger partial charge in [0, 0.05) is 23.9 Å². The average Bonchev–Trinajstić information content (AvgIpc) is 3.50. The highest BCUT2D eigenvalue weighted by Crippen LogP contribution is 2.36. The maximum Gasteiger partial charge on any atom is 0.435 e. The highest BCUT2D eigenvalue weighted by molar-refractivity contribution is 8.04. The predicted octanol–water partition coefficient (Wildman–Crippen LogP) is 5.87. The first-order valence-corrected chi connectivity index (χ1v) is 12.7. The number of hydrogen-bond donors (Lipinski definition) is 0. The summed E-state index contributed by atoms with van der Waals surface area (Å²) in [5.41, 5.74) is 0.910. The zero-order valence-electron chi connectivity index (χ0n) is 19.8. The summed E-state index contributed by atoms with van der Waals surface area (Å²) in [7, 11) is 0. The Kier molecular flexibility index (Phi) is 7.50. The Morgan fingerprint density at radius 2 is 1.88 bits per heavy atom. The second kappa shape index (κ2) is 10.4. The molecular formula is C25H30F3N5S. The van der Waals surface area contributed by atoms with Crippen molar-refractivity contribution >= 4 is 23.5 Å². The monoisotopic (exact) mass is 489 g/mol. The van der Waals surface area contributed by atoms with Gasteiger partial charge in [0.25, 0.3) is 0 Å². The van der Waals surface area contributed by atoms with E-state index in [2.05, 4.69) is 40.1 Å². The molecule has 4 rings (SSSR count). The number of benzene rings is 1. The largest absolute Gasteiger partial charge is 0.435 e. The number of thioether (sulfide) groups is 1. The van der Waals surface area contributed by atoms with Crippen molar-refractivity contribution < 1.29 is 13.2 Å². The molecule has 182 valence electrons. The summed E-state index contributed by atoms with van der Waals surface area (Å²) < 4.78 is 43.1. The number of aryl methyl sites for hydroxylation is 1. The number of allylic oxidation sites excluding steroid dienone is 1. The number of nitrogens with zero attached hydrogens (tertiary/aromatic N) is 5. The normalized spacial score (nSPS) is 17.1. The lowest BCUT2D eigenvalue weighted by atomic mass is 10.1. The molecule has 34 heavy (non-hydrogen) atoms. The summed E-state index contributed by atoms with van der Waals surface area (Å²) in [5, 5.41) is 13.3. The lowest BCUT2D eigenvalue weighted by molar-refractivity contribution is -0.142. The van der Waals surface area contributed by atoms with Crippen LogP contribution in [0.15, 0.2) is 35.4 Å². The molecule has 1 unspecified atom stereocenters. The van der Waals surface area contributed by atoms with Crippen LogP contribution in [0.1, 0.15) is 57.2 Å². The van der Waals surface area contributed by atoms with E-state index in [0.717, 1.165) is 49.4 Å². The van der Waals surface area contributed by atoms with Gasteiger partial charge < -0.3 is 4.90 Å². The van der Waals surface area contributed by atoms with Crippen molar-refractivity contribution in [2.75, 3.05) is 13.1 Å². The van der Waals surface area contributed by atoms with E-state index in [4.69, 9.17) is 0 Å². The zero-order valence-corrected chi connectivity index (χ0v) is 20.6. The predicted molar refractivity (Wildman–Crippen MR) is 131 cm³/mol. The maximum atomic E-state index is 13.9. The molecule has 1 atom stereocenters. The van der Waals surface area contributed by atoms with Crippen LogP contribution in [-0.4, -0.2) is 43.1 Å². The second-order valence-electron chi connectivity index (χ2n) is 8.68. The van der Waals surface area contributed by atoms with Gasteiger partial charge in [-0.1, -0.05) is 62.6 Å². The van der Waals surface area contributed by atoms with Gasteiger partial charge in [-0.25, -0.2) is 0 Å². The first-order valence-electron chi connectivity index (χ1n) is 11.8. The smallest absolute Gasteiger partial charge is 0.367 e.